The summed E-state index contributed by atoms with van der Waals surface area (Å²) in [6.45, 7) is 3.07. The number of amides is 2. The molecule has 0 unspecified atom stereocenters. The summed E-state index contributed by atoms with van der Waals surface area (Å²) in [5.41, 5.74) is 1.04. The van der Waals surface area contributed by atoms with Gasteiger partial charge >= 0.3 is 0 Å². The number of piperazine rings is 1. The molecule has 2 amide bonds. The Balaban J connectivity index is 1.41. The number of rotatable bonds is 5. The van der Waals surface area contributed by atoms with Crippen LogP contribution in [0.5, 0.6) is 5.75 Å². The minimum absolute atomic E-state index is 0.0325. The third kappa shape index (κ3) is 4.32. The van der Waals surface area contributed by atoms with Crippen LogP contribution in [0.2, 0.25) is 0 Å². The number of carbonyl (C=O) groups excluding carboxylic acids is 2. The zero-order chi connectivity index (χ0) is 17.6. The first-order chi connectivity index (χ1) is 12.1. The molecule has 7 heteroatoms. The normalized spacial score (nSPS) is 14.4. The quantitative estimate of drug-likeness (QED) is 0.858. The Morgan fingerprint density at radius 1 is 1.08 bits per heavy atom. The molecule has 1 aromatic carbocycles. The Morgan fingerprint density at radius 3 is 2.44 bits per heavy atom. The van der Waals surface area contributed by atoms with Crippen LogP contribution in [-0.4, -0.2) is 54.5 Å². The second-order valence-corrected chi connectivity index (χ2v) is 5.87. The molecule has 2 aromatic rings. The number of phenolic OH excluding ortho intramolecular Hbond substituents is 1. The number of furan rings is 1. The number of carbonyl (C=O) groups is 2. The van der Waals surface area contributed by atoms with Crippen molar-refractivity contribution in [1.29, 1.82) is 0 Å². The van der Waals surface area contributed by atoms with E-state index in [1.165, 1.54) is 6.26 Å². The Bertz CT molecular complexity index is 704. The molecule has 1 fully saturated rings. The van der Waals surface area contributed by atoms with Crippen LogP contribution in [0.15, 0.2) is 47.1 Å². The summed E-state index contributed by atoms with van der Waals surface area (Å²) < 4.78 is 5.00. The number of nitrogens with zero attached hydrogens (tertiary/aromatic N) is 2. The summed E-state index contributed by atoms with van der Waals surface area (Å²) in [5.74, 6) is 0.212. The van der Waals surface area contributed by atoms with E-state index in [4.69, 9.17) is 4.42 Å². The van der Waals surface area contributed by atoms with Crippen LogP contribution >= 0.6 is 0 Å². The molecule has 7 nitrogen and oxygen atoms in total. The van der Waals surface area contributed by atoms with E-state index in [1.54, 1.807) is 24.3 Å². The van der Waals surface area contributed by atoms with Gasteiger partial charge in [-0.05, 0) is 36.4 Å². The first-order valence-electron chi connectivity index (χ1n) is 8.27. The molecule has 0 aliphatic carbocycles. The maximum Gasteiger partial charge on any atom is 0.286 e. The number of benzene rings is 1. The van der Waals surface area contributed by atoms with E-state index in [-0.39, 0.29) is 36.3 Å². The summed E-state index contributed by atoms with van der Waals surface area (Å²) >= 11 is 0. The highest BCUT2D eigenvalue weighted by Crippen LogP contribution is 2.19. The van der Waals surface area contributed by atoms with Gasteiger partial charge in [-0.25, -0.2) is 0 Å². The van der Waals surface area contributed by atoms with Gasteiger partial charge in [-0.3, -0.25) is 9.59 Å². The monoisotopic (exact) mass is 343 g/mol. The third-order valence-electron chi connectivity index (χ3n) is 4.22. The molecule has 2 N–H and O–H groups in total. The van der Waals surface area contributed by atoms with Gasteiger partial charge in [-0.2, -0.15) is 0 Å². The van der Waals surface area contributed by atoms with Crippen molar-refractivity contribution in [2.24, 2.45) is 0 Å². The summed E-state index contributed by atoms with van der Waals surface area (Å²) in [4.78, 5) is 28.0. The van der Waals surface area contributed by atoms with Gasteiger partial charge in [0.1, 0.15) is 5.75 Å². The van der Waals surface area contributed by atoms with E-state index in [1.807, 2.05) is 17.0 Å². The number of anilines is 1. The summed E-state index contributed by atoms with van der Waals surface area (Å²) in [7, 11) is 0. The summed E-state index contributed by atoms with van der Waals surface area (Å²) in [5, 5.41) is 12.0. The van der Waals surface area contributed by atoms with Crippen LogP contribution in [0.25, 0.3) is 0 Å². The lowest BCUT2D eigenvalue weighted by Gasteiger charge is -2.36. The molecule has 2 heterocycles. The average Bonchev–Trinajstić information content (AvgIpc) is 3.17. The van der Waals surface area contributed by atoms with E-state index < -0.39 is 0 Å². The van der Waals surface area contributed by atoms with Gasteiger partial charge < -0.3 is 24.6 Å². The first-order valence-corrected chi connectivity index (χ1v) is 8.27. The maximum atomic E-state index is 12.3. The van der Waals surface area contributed by atoms with Crippen molar-refractivity contribution in [1.82, 2.24) is 10.2 Å². The van der Waals surface area contributed by atoms with Crippen molar-refractivity contribution in [2.45, 2.75) is 6.42 Å². The second kappa shape index (κ2) is 7.74. The molecular formula is C18H21N3O4. The lowest BCUT2D eigenvalue weighted by Crippen LogP contribution is -2.49. The van der Waals surface area contributed by atoms with Crippen molar-refractivity contribution in [3.63, 3.8) is 0 Å². The molecule has 0 saturated carbocycles. The molecule has 1 aliphatic heterocycles. The number of phenols is 1. The van der Waals surface area contributed by atoms with Crippen molar-refractivity contribution >= 4 is 17.5 Å². The fourth-order valence-electron chi connectivity index (χ4n) is 2.81. The van der Waals surface area contributed by atoms with Crippen LogP contribution in [-0.2, 0) is 4.79 Å². The molecule has 25 heavy (non-hydrogen) atoms. The Kier molecular flexibility index (Phi) is 5.23. The molecule has 0 radical (unpaired) electrons. The summed E-state index contributed by atoms with van der Waals surface area (Å²) in [6.07, 6.45) is 1.71. The molecule has 0 bridgehead atoms. The fraction of sp³-hybridized carbons (Fsp3) is 0.333. The standard InChI is InChI=1S/C18H21N3O4/c22-15-5-3-14(4-6-15)20-9-11-21(12-10-20)17(23)7-8-19-18(24)16-2-1-13-25-16/h1-6,13,22H,7-12H2,(H,19,24). The van der Waals surface area contributed by atoms with Crippen LogP contribution in [0, 0.1) is 0 Å². The maximum absolute atomic E-state index is 12.3. The molecule has 132 valence electrons. The van der Waals surface area contributed by atoms with Gasteiger partial charge in [-0.15, -0.1) is 0 Å². The van der Waals surface area contributed by atoms with Gasteiger partial charge in [0.05, 0.1) is 6.26 Å². The largest absolute Gasteiger partial charge is 0.508 e. The number of hydrogen-bond acceptors (Lipinski definition) is 5. The van der Waals surface area contributed by atoms with Crippen LogP contribution in [0.3, 0.4) is 0 Å². The van der Waals surface area contributed by atoms with Crippen LogP contribution in [0.4, 0.5) is 5.69 Å². The van der Waals surface area contributed by atoms with E-state index in [2.05, 4.69) is 10.2 Å². The van der Waals surface area contributed by atoms with Crippen molar-refractivity contribution < 1.29 is 19.1 Å². The van der Waals surface area contributed by atoms with Gasteiger partial charge in [0.15, 0.2) is 5.76 Å². The highest BCUT2D eigenvalue weighted by Gasteiger charge is 2.21. The van der Waals surface area contributed by atoms with Gasteiger partial charge in [0, 0.05) is 44.8 Å². The van der Waals surface area contributed by atoms with E-state index in [9.17, 15) is 14.7 Å². The Hall–Kier alpha value is -2.96. The summed E-state index contributed by atoms with van der Waals surface area (Å²) in [6, 6.07) is 10.3. The molecule has 1 saturated heterocycles. The molecular weight excluding hydrogens is 322 g/mol. The van der Waals surface area contributed by atoms with Gasteiger partial charge in [-0.1, -0.05) is 0 Å². The van der Waals surface area contributed by atoms with E-state index in [0.717, 1.165) is 18.8 Å². The highest BCUT2D eigenvalue weighted by molar-refractivity contribution is 5.91. The minimum Gasteiger partial charge on any atom is -0.508 e. The average molecular weight is 343 g/mol. The molecule has 0 atom stereocenters. The number of nitrogens with one attached hydrogen (secondary N) is 1. The molecule has 0 spiro atoms. The minimum atomic E-state index is -0.310. The topological polar surface area (TPSA) is 86.0 Å². The zero-order valence-corrected chi connectivity index (χ0v) is 13.9. The number of hydrogen-bond donors (Lipinski definition) is 2. The molecule has 1 aliphatic rings. The zero-order valence-electron chi connectivity index (χ0n) is 13.9. The number of aromatic hydroxyl groups is 1. The lowest BCUT2D eigenvalue weighted by molar-refractivity contribution is -0.131. The van der Waals surface area contributed by atoms with Gasteiger partial charge in [0.25, 0.3) is 5.91 Å². The van der Waals surface area contributed by atoms with E-state index >= 15 is 0 Å². The molecule has 3 rings (SSSR count). The fourth-order valence-corrected chi connectivity index (χ4v) is 2.81. The van der Waals surface area contributed by atoms with Crippen LogP contribution in [0.1, 0.15) is 17.0 Å². The first kappa shape index (κ1) is 16.9. The SMILES string of the molecule is O=C(NCCC(=O)N1CCN(c2ccc(O)cc2)CC1)c1ccco1. The molecule has 1 aromatic heterocycles. The second-order valence-electron chi connectivity index (χ2n) is 5.87. The Morgan fingerprint density at radius 2 is 1.80 bits per heavy atom. The van der Waals surface area contributed by atoms with E-state index in [0.29, 0.717) is 13.1 Å². The van der Waals surface area contributed by atoms with Gasteiger partial charge in [0.2, 0.25) is 5.91 Å². The third-order valence-corrected chi connectivity index (χ3v) is 4.22. The highest BCUT2D eigenvalue weighted by atomic mass is 16.3. The van der Waals surface area contributed by atoms with Crippen LogP contribution < -0.4 is 10.2 Å². The predicted molar refractivity (Wildman–Crippen MR) is 92.6 cm³/mol. The van der Waals surface area contributed by atoms with Crippen molar-refractivity contribution in [3.8, 4) is 5.75 Å². The smallest absolute Gasteiger partial charge is 0.286 e. The predicted octanol–water partition coefficient (Wildman–Crippen LogP) is 1.45. The Labute approximate surface area is 145 Å². The lowest BCUT2D eigenvalue weighted by atomic mass is 10.2. The van der Waals surface area contributed by atoms with Crippen molar-refractivity contribution in [2.75, 3.05) is 37.6 Å². The van der Waals surface area contributed by atoms with Crippen molar-refractivity contribution in [3.05, 3.63) is 48.4 Å².